The number of hydrogen-bond acceptors (Lipinski definition) is 4. The third-order valence-corrected chi connectivity index (χ3v) is 3.60. The average Bonchev–Trinajstić information content (AvgIpc) is 3.18. The Morgan fingerprint density at radius 3 is 2.89 bits per heavy atom. The second-order valence-corrected chi connectivity index (χ2v) is 5.36. The molecule has 1 aliphatic rings. The van der Waals surface area contributed by atoms with Gasteiger partial charge in [-0.2, -0.15) is 0 Å². The lowest BCUT2D eigenvalue weighted by Crippen LogP contribution is -2.30. The van der Waals surface area contributed by atoms with E-state index in [0.717, 1.165) is 19.1 Å². The van der Waals surface area contributed by atoms with E-state index in [4.69, 9.17) is 11.6 Å². The number of halogens is 1. The van der Waals surface area contributed by atoms with Crippen LogP contribution < -0.4 is 5.32 Å². The lowest BCUT2D eigenvalue weighted by Gasteiger charge is -2.15. The summed E-state index contributed by atoms with van der Waals surface area (Å²) in [5.74, 6) is 0. The van der Waals surface area contributed by atoms with Gasteiger partial charge < -0.3 is 10.2 Å². The Bertz CT molecular complexity index is 463. The largest absolute Gasteiger partial charge is 0.311 e. The summed E-state index contributed by atoms with van der Waals surface area (Å²) in [7, 11) is 2.11. The van der Waals surface area contributed by atoms with Crippen LogP contribution in [0.1, 0.15) is 18.4 Å². The lowest BCUT2D eigenvalue weighted by molar-refractivity contribution is -0.385. The summed E-state index contributed by atoms with van der Waals surface area (Å²) in [6.45, 7) is 2.24. The Morgan fingerprint density at radius 2 is 2.26 bits per heavy atom. The maximum atomic E-state index is 10.9. The zero-order chi connectivity index (χ0) is 13.8. The second kappa shape index (κ2) is 6.32. The first kappa shape index (κ1) is 14.2. The molecule has 0 unspecified atom stereocenters. The van der Waals surface area contributed by atoms with Gasteiger partial charge in [-0.3, -0.25) is 10.1 Å². The van der Waals surface area contributed by atoms with Gasteiger partial charge in [0.05, 0.1) is 4.92 Å². The van der Waals surface area contributed by atoms with Crippen molar-refractivity contribution >= 4 is 17.3 Å². The fourth-order valence-electron chi connectivity index (χ4n) is 2.05. The van der Waals surface area contributed by atoms with Crippen molar-refractivity contribution in [2.45, 2.75) is 25.4 Å². The van der Waals surface area contributed by atoms with Crippen LogP contribution in [-0.2, 0) is 6.54 Å². The van der Waals surface area contributed by atoms with E-state index in [1.165, 1.54) is 18.9 Å². The highest BCUT2D eigenvalue weighted by molar-refractivity contribution is 6.30. The highest BCUT2D eigenvalue weighted by atomic mass is 35.5. The zero-order valence-electron chi connectivity index (χ0n) is 10.9. The first-order chi connectivity index (χ1) is 9.08. The third-order valence-electron chi connectivity index (χ3n) is 3.37. The minimum absolute atomic E-state index is 0.118. The highest BCUT2D eigenvalue weighted by Crippen LogP contribution is 2.25. The molecule has 0 spiro atoms. The minimum atomic E-state index is -0.371. The molecule has 0 aliphatic heterocycles. The van der Waals surface area contributed by atoms with Gasteiger partial charge >= 0.3 is 0 Å². The zero-order valence-corrected chi connectivity index (χ0v) is 11.7. The van der Waals surface area contributed by atoms with Gasteiger partial charge in [-0.25, -0.2) is 0 Å². The average molecular weight is 284 g/mol. The molecule has 1 aliphatic carbocycles. The summed E-state index contributed by atoms with van der Waals surface area (Å²) < 4.78 is 0. The van der Waals surface area contributed by atoms with Crippen LogP contribution in [0.2, 0.25) is 5.02 Å². The summed E-state index contributed by atoms with van der Waals surface area (Å²) in [6.07, 6.45) is 2.58. The fraction of sp³-hybridized carbons (Fsp3) is 0.538. The first-order valence-electron chi connectivity index (χ1n) is 6.41. The van der Waals surface area contributed by atoms with Gasteiger partial charge in [-0.05, 0) is 32.0 Å². The van der Waals surface area contributed by atoms with E-state index in [-0.39, 0.29) is 10.6 Å². The number of rotatable bonds is 7. The van der Waals surface area contributed by atoms with Gasteiger partial charge in [0, 0.05) is 42.3 Å². The topological polar surface area (TPSA) is 58.4 Å². The summed E-state index contributed by atoms with van der Waals surface area (Å²) in [5, 5.41) is 14.7. The highest BCUT2D eigenvalue weighted by Gasteiger charge is 2.25. The molecule has 1 aromatic carbocycles. The molecule has 1 aromatic rings. The molecule has 0 aromatic heterocycles. The van der Waals surface area contributed by atoms with Gasteiger partial charge in [0.1, 0.15) is 0 Å². The normalized spacial score (nSPS) is 14.9. The van der Waals surface area contributed by atoms with E-state index >= 15 is 0 Å². The monoisotopic (exact) mass is 283 g/mol. The molecule has 19 heavy (non-hydrogen) atoms. The molecule has 6 heteroatoms. The smallest absolute Gasteiger partial charge is 0.273 e. The molecule has 0 saturated heterocycles. The minimum Gasteiger partial charge on any atom is -0.311 e. The maximum Gasteiger partial charge on any atom is 0.273 e. The van der Waals surface area contributed by atoms with Crippen molar-refractivity contribution < 1.29 is 4.92 Å². The molecule has 0 atom stereocenters. The Kier molecular flexibility index (Phi) is 4.74. The van der Waals surface area contributed by atoms with Crippen molar-refractivity contribution in [1.82, 2.24) is 10.2 Å². The summed E-state index contributed by atoms with van der Waals surface area (Å²) in [6, 6.07) is 5.39. The Balaban J connectivity index is 1.84. The molecule has 0 amide bonds. The van der Waals surface area contributed by atoms with Crippen molar-refractivity contribution in [3.05, 3.63) is 38.9 Å². The SMILES string of the molecule is CN(CCNCc1cc(Cl)ccc1[N+](=O)[O-])C1CC1. The third kappa shape index (κ3) is 4.16. The van der Waals surface area contributed by atoms with Gasteiger partial charge in [0.2, 0.25) is 0 Å². The fourth-order valence-corrected chi connectivity index (χ4v) is 2.24. The van der Waals surface area contributed by atoms with Crippen LogP contribution in [0.5, 0.6) is 0 Å². The van der Waals surface area contributed by atoms with Gasteiger partial charge in [0.15, 0.2) is 0 Å². The molecule has 5 nitrogen and oxygen atoms in total. The van der Waals surface area contributed by atoms with Crippen molar-refractivity contribution in [1.29, 1.82) is 0 Å². The number of benzene rings is 1. The molecule has 0 radical (unpaired) electrons. The van der Waals surface area contributed by atoms with E-state index in [0.29, 0.717) is 17.1 Å². The van der Waals surface area contributed by atoms with E-state index < -0.39 is 0 Å². The molecule has 104 valence electrons. The van der Waals surface area contributed by atoms with Gasteiger partial charge in [-0.1, -0.05) is 11.6 Å². The number of nitro benzene ring substituents is 1. The number of likely N-dealkylation sites (N-methyl/N-ethyl adjacent to an activating group) is 1. The Morgan fingerprint density at radius 1 is 1.53 bits per heavy atom. The van der Waals surface area contributed by atoms with E-state index in [2.05, 4.69) is 17.3 Å². The molecule has 0 bridgehead atoms. The summed E-state index contributed by atoms with van der Waals surface area (Å²) in [4.78, 5) is 12.8. The van der Waals surface area contributed by atoms with Crippen LogP contribution in [-0.4, -0.2) is 36.0 Å². The second-order valence-electron chi connectivity index (χ2n) is 4.92. The molecule has 0 heterocycles. The quantitative estimate of drug-likeness (QED) is 0.474. The van der Waals surface area contributed by atoms with Gasteiger partial charge in [0.25, 0.3) is 5.69 Å². The maximum absolute atomic E-state index is 10.9. The van der Waals surface area contributed by atoms with Crippen LogP contribution in [0.4, 0.5) is 5.69 Å². The van der Waals surface area contributed by atoms with Crippen molar-refractivity contribution in [2.75, 3.05) is 20.1 Å². The van der Waals surface area contributed by atoms with Crippen molar-refractivity contribution in [3.8, 4) is 0 Å². The van der Waals surface area contributed by atoms with Crippen LogP contribution in [0.3, 0.4) is 0 Å². The Hall–Kier alpha value is -1.17. The molecular formula is C13H18ClN3O2. The van der Waals surface area contributed by atoms with E-state index in [1.54, 1.807) is 12.1 Å². The van der Waals surface area contributed by atoms with E-state index in [1.807, 2.05) is 0 Å². The number of nitrogens with zero attached hydrogens (tertiary/aromatic N) is 2. The van der Waals surface area contributed by atoms with Crippen LogP contribution in [0.15, 0.2) is 18.2 Å². The summed E-state index contributed by atoms with van der Waals surface area (Å²) >= 11 is 5.88. The van der Waals surface area contributed by atoms with Crippen LogP contribution in [0, 0.1) is 10.1 Å². The molecule has 1 fully saturated rings. The van der Waals surface area contributed by atoms with Crippen LogP contribution in [0.25, 0.3) is 0 Å². The van der Waals surface area contributed by atoms with Crippen molar-refractivity contribution in [2.24, 2.45) is 0 Å². The first-order valence-corrected chi connectivity index (χ1v) is 6.79. The number of nitro groups is 1. The predicted octanol–water partition coefficient (Wildman–Crippen LogP) is 2.43. The predicted molar refractivity (Wildman–Crippen MR) is 75.5 cm³/mol. The molecule has 1 saturated carbocycles. The number of hydrogen-bond donors (Lipinski definition) is 1. The lowest BCUT2D eigenvalue weighted by atomic mass is 10.2. The van der Waals surface area contributed by atoms with Crippen LogP contribution >= 0.6 is 11.6 Å². The Labute approximate surface area is 117 Å². The molecular weight excluding hydrogens is 266 g/mol. The molecule has 2 rings (SSSR count). The standard InChI is InChI=1S/C13H18ClN3O2/c1-16(12-3-4-12)7-6-15-9-10-8-11(14)2-5-13(10)17(18)19/h2,5,8,12,15H,3-4,6-7,9H2,1H3. The number of nitrogens with one attached hydrogen (secondary N) is 1. The summed E-state index contributed by atoms with van der Waals surface area (Å²) in [5.41, 5.74) is 0.749. The van der Waals surface area contributed by atoms with Gasteiger partial charge in [-0.15, -0.1) is 0 Å². The van der Waals surface area contributed by atoms with Crippen molar-refractivity contribution in [3.63, 3.8) is 0 Å². The molecule has 1 N–H and O–H groups in total. The van der Waals surface area contributed by atoms with E-state index in [9.17, 15) is 10.1 Å².